The highest BCUT2D eigenvalue weighted by atomic mass is 15.2. The maximum atomic E-state index is 2.78. The van der Waals surface area contributed by atoms with Crippen molar-refractivity contribution < 1.29 is 0 Å². The zero-order valence-electron chi connectivity index (χ0n) is 12.2. The van der Waals surface area contributed by atoms with Crippen molar-refractivity contribution in [3.8, 4) is 0 Å². The number of para-hydroxylation sites is 1. The van der Waals surface area contributed by atoms with E-state index in [1.165, 1.54) is 49.7 Å². The van der Waals surface area contributed by atoms with Gasteiger partial charge in [-0.25, -0.2) is 0 Å². The van der Waals surface area contributed by atoms with Crippen molar-refractivity contribution in [1.82, 2.24) is 9.47 Å². The molecule has 0 aliphatic carbocycles. The summed E-state index contributed by atoms with van der Waals surface area (Å²) < 4.78 is 2.68. The van der Waals surface area contributed by atoms with Crippen molar-refractivity contribution in [2.75, 3.05) is 13.1 Å². The molecule has 1 fully saturated rings. The highest BCUT2D eigenvalue weighted by Crippen LogP contribution is 2.51. The molecule has 5 rings (SSSR count). The third kappa shape index (κ3) is 1.28. The summed E-state index contributed by atoms with van der Waals surface area (Å²) in [6, 6.07) is 10.5. The molecule has 1 aromatic carbocycles. The summed E-state index contributed by atoms with van der Waals surface area (Å²) in [6.07, 6.45) is 5.46. The van der Waals surface area contributed by atoms with Crippen LogP contribution in [0.4, 0.5) is 0 Å². The maximum absolute atomic E-state index is 2.78. The molecule has 0 saturated carbocycles. The normalized spacial score (nSPS) is 32.4. The van der Waals surface area contributed by atoms with Crippen LogP contribution in [-0.4, -0.2) is 22.6 Å². The largest absolute Gasteiger partial charge is 0.340 e. The average molecular weight is 266 g/mol. The number of aromatic nitrogens is 1. The highest BCUT2D eigenvalue weighted by molar-refractivity contribution is 5.86. The van der Waals surface area contributed by atoms with Crippen LogP contribution in [-0.2, 0) is 6.42 Å². The molecular weight excluding hydrogens is 244 g/mol. The van der Waals surface area contributed by atoms with Crippen LogP contribution in [0.25, 0.3) is 10.9 Å². The Morgan fingerprint density at radius 2 is 2.05 bits per heavy atom. The van der Waals surface area contributed by atoms with Crippen LogP contribution in [0.15, 0.2) is 24.3 Å². The average Bonchev–Trinajstić information content (AvgIpc) is 2.82. The second-order valence-electron chi connectivity index (χ2n) is 6.97. The molecule has 1 saturated heterocycles. The fourth-order valence-corrected chi connectivity index (χ4v) is 5.26. The van der Waals surface area contributed by atoms with Gasteiger partial charge in [0.05, 0.1) is 6.04 Å². The van der Waals surface area contributed by atoms with Crippen molar-refractivity contribution in [2.45, 2.75) is 44.7 Å². The molecule has 2 nitrogen and oxygen atoms in total. The van der Waals surface area contributed by atoms with Gasteiger partial charge in [0.25, 0.3) is 0 Å². The van der Waals surface area contributed by atoms with E-state index in [1.807, 2.05) is 0 Å². The molecule has 1 unspecified atom stereocenters. The third-order valence-electron chi connectivity index (χ3n) is 5.93. The zero-order chi connectivity index (χ0) is 13.3. The minimum atomic E-state index is 0.669. The maximum Gasteiger partial charge on any atom is 0.0532 e. The van der Waals surface area contributed by atoms with Crippen LogP contribution in [0, 0.1) is 5.92 Å². The molecule has 4 heterocycles. The van der Waals surface area contributed by atoms with Gasteiger partial charge >= 0.3 is 0 Å². The van der Waals surface area contributed by atoms with Crippen molar-refractivity contribution in [3.63, 3.8) is 0 Å². The highest BCUT2D eigenvalue weighted by Gasteiger charge is 2.43. The molecule has 3 aliphatic heterocycles. The number of benzene rings is 1. The van der Waals surface area contributed by atoms with Gasteiger partial charge in [0.15, 0.2) is 0 Å². The number of piperidine rings is 1. The van der Waals surface area contributed by atoms with E-state index in [1.54, 1.807) is 11.3 Å². The van der Waals surface area contributed by atoms with Gasteiger partial charge in [-0.15, -0.1) is 0 Å². The molecule has 2 heteroatoms. The lowest BCUT2D eigenvalue weighted by molar-refractivity contribution is 0.0491. The predicted molar refractivity (Wildman–Crippen MR) is 82.0 cm³/mol. The lowest BCUT2D eigenvalue weighted by Crippen LogP contribution is -2.46. The molecule has 0 bridgehead atoms. The van der Waals surface area contributed by atoms with E-state index < -0.39 is 0 Å². The molecule has 3 atom stereocenters. The molecule has 1 aromatic heterocycles. The minimum Gasteiger partial charge on any atom is -0.340 e. The zero-order valence-corrected chi connectivity index (χ0v) is 12.2. The van der Waals surface area contributed by atoms with Gasteiger partial charge < -0.3 is 4.57 Å². The van der Waals surface area contributed by atoms with Crippen LogP contribution in [0.1, 0.15) is 49.5 Å². The van der Waals surface area contributed by atoms with Crippen LogP contribution in [0.5, 0.6) is 0 Å². The Kier molecular flexibility index (Phi) is 2.21. The molecular formula is C18H22N2. The summed E-state index contributed by atoms with van der Waals surface area (Å²) in [7, 11) is 0. The number of rotatable bonds is 0. The molecule has 20 heavy (non-hydrogen) atoms. The summed E-state index contributed by atoms with van der Waals surface area (Å²) >= 11 is 0. The lowest BCUT2D eigenvalue weighted by atomic mass is 9.77. The van der Waals surface area contributed by atoms with E-state index in [0.29, 0.717) is 6.04 Å². The van der Waals surface area contributed by atoms with E-state index in [4.69, 9.17) is 0 Å². The summed E-state index contributed by atoms with van der Waals surface area (Å²) in [4.78, 5) is 2.78. The Morgan fingerprint density at radius 1 is 1.15 bits per heavy atom. The summed E-state index contributed by atoms with van der Waals surface area (Å²) in [5, 5.41) is 1.53. The van der Waals surface area contributed by atoms with Gasteiger partial charge in [-0.1, -0.05) is 18.2 Å². The topological polar surface area (TPSA) is 8.17 Å². The van der Waals surface area contributed by atoms with Crippen molar-refractivity contribution in [3.05, 3.63) is 35.5 Å². The lowest BCUT2D eigenvalue weighted by Gasteiger charge is -2.49. The second-order valence-corrected chi connectivity index (χ2v) is 6.97. The van der Waals surface area contributed by atoms with Gasteiger partial charge in [-0.2, -0.15) is 0 Å². The number of hydrogen-bond donors (Lipinski definition) is 0. The van der Waals surface area contributed by atoms with Crippen molar-refractivity contribution >= 4 is 10.9 Å². The fourth-order valence-electron chi connectivity index (χ4n) is 5.26. The van der Waals surface area contributed by atoms with Gasteiger partial charge in [0.2, 0.25) is 0 Å². The van der Waals surface area contributed by atoms with Gasteiger partial charge in [0.1, 0.15) is 0 Å². The quantitative estimate of drug-likeness (QED) is 0.701. The van der Waals surface area contributed by atoms with E-state index in [2.05, 4.69) is 40.7 Å². The first-order chi connectivity index (χ1) is 9.84. The van der Waals surface area contributed by atoms with Crippen LogP contribution in [0.2, 0.25) is 0 Å². The van der Waals surface area contributed by atoms with Crippen LogP contribution in [0.3, 0.4) is 0 Å². The SMILES string of the molecule is CC1C[C@@H]2CCCN3CCc4c(n1c1ccccc41)[C@@H]23. The van der Waals surface area contributed by atoms with Crippen molar-refractivity contribution in [1.29, 1.82) is 0 Å². The molecule has 2 aromatic rings. The molecule has 0 spiro atoms. The third-order valence-corrected chi connectivity index (χ3v) is 5.93. The summed E-state index contributed by atoms with van der Waals surface area (Å²) in [6.45, 7) is 5.02. The Morgan fingerprint density at radius 3 is 3.00 bits per heavy atom. The monoisotopic (exact) mass is 266 g/mol. The summed E-state index contributed by atoms with van der Waals surface area (Å²) in [5.74, 6) is 0.898. The van der Waals surface area contributed by atoms with E-state index >= 15 is 0 Å². The predicted octanol–water partition coefficient (Wildman–Crippen LogP) is 3.92. The van der Waals surface area contributed by atoms with Gasteiger partial charge in [0, 0.05) is 29.2 Å². The van der Waals surface area contributed by atoms with E-state index in [9.17, 15) is 0 Å². The van der Waals surface area contributed by atoms with E-state index in [0.717, 1.165) is 12.0 Å². The first-order valence-corrected chi connectivity index (χ1v) is 8.20. The Bertz CT molecular complexity index is 684. The van der Waals surface area contributed by atoms with Gasteiger partial charge in [-0.3, -0.25) is 4.90 Å². The molecule has 0 amide bonds. The smallest absolute Gasteiger partial charge is 0.0532 e. The molecule has 3 aliphatic rings. The molecule has 0 radical (unpaired) electrons. The van der Waals surface area contributed by atoms with Gasteiger partial charge in [-0.05, 0) is 56.7 Å². The first-order valence-electron chi connectivity index (χ1n) is 8.20. The number of fused-ring (bicyclic) bond motifs is 3. The number of hydrogen-bond acceptors (Lipinski definition) is 1. The second kappa shape index (κ2) is 3.88. The van der Waals surface area contributed by atoms with Crippen LogP contribution < -0.4 is 0 Å². The Balaban J connectivity index is 1.85. The Hall–Kier alpha value is -1.28. The standard InChI is InChI=1S/C18H22N2/c1-12-11-13-5-4-9-19-10-8-15-14-6-2-3-7-16(14)20(12)18(15)17(13)19/h2-3,6-7,12-13,17H,4-5,8-11H2,1H3/t12?,13-,17+/m0/s1. The van der Waals surface area contributed by atoms with Crippen molar-refractivity contribution in [2.24, 2.45) is 5.92 Å². The minimum absolute atomic E-state index is 0.669. The van der Waals surface area contributed by atoms with E-state index in [-0.39, 0.29) is 0 Å². The molecule has 104 valence electrons. The number of nitrogens with zero attached hydrogens (tertiary/aromatic N) is 2. The summed E-state index contributed by atoms with van der Waals surface area (Å²) in [5.41, 5.74) is 4.83. The Labute approximate surface area is 120 Å². The first kappa shape index (κ1) is 11.4. The fraction of sp³-hybridized carbons (Fsp3) is 0.556. The molecule has 0 N–H and O–H groups in total. The van der Waals surface area contributed by atoms with Crippen LogP contribution >= 0.6 is 0 Å².